The van der Waals surface area contributed by atoms with Gasteiger partial charge in [0.2, 0.25) is 11.2 Å². The number of rotatable bonds is 3. The van der Waals surface area contributed by atoms with Gasteiger partial charge in [-0.15, -0.1) is 0 Å². The van der Waals surface area contributed by atoms with Gasteiger partial charge in [0.05, 0.1) is 19.3 Å². The first-order valence-electron chi connectivity index (χ1n) is 5.59. The van der Waals surface area contributed by atoms with Crippen LogP contribution >= 0.6 is 23.2 Å². The molecule has 1 fully saturated rings. The first kappa shape index (κ1) is 12.5. The lowest BCUT2D eigenvalue weighted by Crippen LogP contribution is -2.40. The summed E-state index contributed by atoms with van der Waals surface area (Å²) in [7, 11) is 0. The molecular formula is C11H9Cl2N5O. The summed E-state index contributed by atoms with van der Waals surface area (Å²) in [5.74, 6) is 0.787. The number of aromatic nitrogens is 4. The van der Waals surface area contributed by atoms with Crippen LogP contribution in [0.5, 0.6) is 0 Å². The van der Waals surface area contributed by atoms with Gasteiger partial charge in [-0.25, -0.2) is 4.98 Å². The molecule has 0 radical (unpaired) electrons. The van der Waals surface area contributed by atoms with E-state index in [4.69, 9.17) is 27.9 Å². The number of halogens is 2. The van der Waals surface area contributed by atoms with Crippen LogP contribution < -0.4 is 5.32 Å². The predicted molar refractivity (Wildman–Crippen MR) is 71.3 cm³/mol. The second-order valence-corrected chi connectivity index (χ2v) is 4.70. The summed E-state index contributed by atoms with van der Waals surface area (Å²) in [5, 5.41) is 3.59. The SMILES string of the molecule is Clc1cccc(-c2nc(Cl)nc(NC3COC3)n2)n1. The van der Waals surface area contributed by atoms with E-state index in [1.165, 1.54) is 0 Å². The normalized spacial score (nSPS) is 15.1. The van der Waals surface area contributed by atoms with Crippen LogP contribution in [-0.2, 0) is 4.74 Å². The number of hydrogen-bond acceptors (Lipinski definition) is 6. The van der Waals surface area contributed by atoms with Crippen LogP contribution in [0.2, 0.25) is 10.4 Å². The first-order chi connectivity index (χ1) is 9.20. The van der Waals surface area contributed by atoms with Gasteiger partial charge in [0.15, 0.2) is 5.82 Å². The molecule has 1 aliphatic rings. The summed E-state index contributed by atoms with van der Waals surface area (Å²) in [6.07, 6.45) is 0. The molecule has 0 aromatic carbocycles. The highest BCUT2D eigenvalue weighted by molar-refractivity contribution is 6.29. The fourth-order valence-corrected chi connectivity index (χ4v) is 1.89. The van der Waals surface area contributed by atoms with Gasteiger partial charge in [0.25, 0.3) is 0 Å². The summed E-state index contributed by atoms with van der Waals surface area (Å²) in [4.78, 5) is 16.5. The largest absolute Gasteiger partial charge is 0.377 e. The fourth-order valence-electron chi connectivity index (χ4n) is 1.56. The van der Waals surface area contributed by atoms with Gasteiger partial charge in [-0.2, -0.15) is 15.0 Å². The van der Waals surface area contributed by atoms with Gasteiger partial charge in [-0.3, -0.25) is 0 Å². The second-order valence-electron chi connectivity index (χ2n) is 3.98. The third-order valence-electron chi connectivity index (χ3n) is 2.52. The van der Waals surface area contributed by atoms with Crippen molar-refractivity contribution in [2.75, 3.05) is 18.5 Å². The zero-order chi connectivity index (χ0) is 13.2. The quantitative estimate of drug-likeness (QED) is 0.874. The van der Waals surface area contributed by atoms with Gasteiger partial charge in [-0.1, -0.05) is 17.7 Å². The van der Waals surface area contributed by atoms with Crippen molar-refractivity contribution in [3.8, 4) is 11.5 Å². The Labute approximate surface area is 119 Å². The van der Waals surface area contributed by atoms with Crippen molar-refractivity contribution in [3.63, 3.8) is 0 Å². The number of nitrogens with zero attached hydrogens (tertiary/aromatic N) is 4. The molecule has 3 heterocycles. The minimum atomic E-state index is 0.106. The molecule has 0 aliphatic carbocycles. The van der Waals surface area contributed by atoms with Gasteiger partial charge in [0, 0.05) is 0 Å². The van der Waals surface area contributed by atoms with E-state index in [-0.39, 0.29) is 11.3 Å². The molecule has 98 valence electrons. The third-order valence-corrected chi connectivity index (χ3v) is 2.90. The maximum atomic E-state index is 5.89. The second kappa shape index (κ2) is 5.24. The molecule has 0 amide bonds. The van der Waals surface area contributed by atoms with Crippen LogP contribution in [0, 0.1) is 0 Å². The molecule has 0 spiro atoms. The van der Waals surface area contributed by atoms with Crippen molar-refractivity contribution in [3.05, 3.63) is 28.6 Å². The monoisotopic (exact) mass is 297 g/mol. The van der Waals surface area contributed by atoms with Crippen molar-refractivity contribution < 1.29 is 4.74 Å². The van der Waals surface area contributed by atoms with Crippen LogP contribution in [0.3, 0.4) is 0 Å². The van der Waals surface area contributed by atoms with Gasteiger partial charge < -0.3 is 10.1 Å². The molecule has 0 saturated carbocycles. The van der Waals surface area contributed by atoms with E-state index in [1.54, 1.807) is 18.2 Å². The highest BCUT2D eigenvalue weighted by Crippen LogP contribution is 2.18. The van der Waals surface area contributed by atoms with E-state index in [0.29, 0.717) is 35.8 Å². The van der Waals surface area contributed by atoms with E-state index in [0.717, 1.165) is 0 Å². The summed E-state index contributed by atoms with van der Waals surface area (Å²) in [6, 6.07) is 5.42. The number of pyridine rings is 1. The Kier molecular flexibility index (Phi) is 3.46. The van der Waals surface area contributed by atoms with Crippen LogP contribution in [0.4, 0.5) is 5.95 Å². The van der Waals surface area contributed by atoms with Crippen molar-refractivity contribution in [1.29, 1.82) is 0 Å². The average molecular weight is 298 g/mol. The molecule has 2 aromatic rings. The van der Waals surface area contributed by atoms with Gasteiger partial charge in [0.1, 0.15) is 10.8 Å². The topological polar surface area (TPSA) is 72.8 Å². The summed E-state index contributed by atoms with van der Waals surface area (Å²) < 4.78 is 5.07. The lowest BCUT2D eigenvalue weighted by atomic mass is 10.3. The van der Waals surface area contributed by atoms with Crippen molar-refractivity contribution in [1.82, 2.24) is 19.9 Å². The van der Waals surface area contributed by atoms with Crippen LogP contribution in [0.1, 0.15) is 0 Å². The zero-order valence-electron chi connectivity index (χ0n) is 9.68. The molecule has 1 aliphatic heterocycles. The number of anilines is 1. The lowest BCUT2D eigenvalue weighted by molar-refractivity contribution is 0.0208. The molecule has 1 N–H and O–H groups in total. The molecule has 0 bridgehead atoms. The van der Waals surface area contributed by atoms with E-state index in [2.05, 4.69) is 25.3 Å². The average Bonchev–Trinajstić information content (AvgIpc) is 2.33. The summed E-state index contributed by atoms with van der Waals surface area (Å²) >= 11 is 11.7. The molecule has 3 rings (SSSR count). The third kappa shape index (κ3) is 2.91. The standard InChI is InChI=1S/C11H9Cl2N5O/c12-8-3-1-2-7(15-8)9-16-10(13)18-11(17-9)14-6-4-19-5-6/h1-3,6H,4-5H2,(H,14,16,17,18). The molecule has 6 nitrogen and oxygen atoms in total. The van der Waals surface area contributed by atoms with E-state index < -0.39 is 0 Å². The Bertz CT molecular complexity index is 605. The Balaban J connectivity index is 1.92. The smallest absolute Gasteiger partial charge is 0.227 e. The highest BCUT2D eigenvalue weighted by Gasteiger charge is 2.20. The molecule has 1 saturated heterocycles. The maximum Gasteiger partial charge on any atom is 0.227 e. The Morgan fingerprint density at radius 2 is 1.95 bits per heavy atom. The Morgan fingerprint density at radius 3 is 2.63 bits per heavy atom. The Hall–Kier alpha value is -1.50. The number of hydrogen-bond donors (Lipinski definition) is 1. The van der Waals surface area contributed by atoms with Crippen molar-refractivity contribution in [2.45, 2.75) is 6.04 Å². The van der Waals surface area contributed by atoms with E-state index >= 15 is 0 Å². The summed E-state index contributed by atoms with van der Waals surface area (Å²) in [6.45, 7) is 1.27. The van der Waals surface area contributed by atoms with Crippen LogP contribution in [-0.4, -0.2) is 39.2 Å². The summed E-state index contributed by atoms with van der Waals surface area (Å²) in [5.41, 5.74) is 0.546. The molecule has 0 unspecified atom stereocenters. The molecular weight excluding hydrogens is 289 g/mol. The minimum Gasteiger partial charge on any atom is -0.377 e. The van der Waals surface area contributed by atoms with E-state index in [9.17, 15) is 0 Å². The first-order valence-corrected chi connectivity index (χ1v) is 6.35. The van der Waals surface area contributed by atoms with Crippen LogP contribution in [0.15, 0.2) is 18.2 Å². The Morgan fingerprint density at radius 1 is 1.11 bits per heavy atom. The van der Waals surface area contributed by atoms with Gasteiger partial charge in [-0.05, 0) is 23.7 Å². The molecule has 19 heavy (non-hydrogen) atoms. The number of ether oxygens (including phenoxy) is 1. The minimum absolute atomic E-state index is 0.106. The predicted octanol–water partition coefficient (Wildman–Crippen LogP) is 2.05. The molecule has 0 atom stereocenters. The van der Waals surface area contributed by atoms with Crippen molar-refractivity contribution in [2.24, 2.45) is 0 Å². The highest BCUT2D eigenvalue weighted by atomic mass is 35.5. The van der Waals surface area contributed by atoms with Gasteiger partial charge >= 0.3 is 0 Å². The molecule has 8 heteroatoms. The van der Waals surface area contributed by atoms with Crippen LogP contribution in [0.25, 0.3) is 11.5 Å². The zero-order valence-corrected chi connectivity index (χ0v) is 11.2. The molecule has 2 aromatic heterocycles. The van der Waals surface area contributed by atoms with Crippen molar-refractivity contribution >= 4 is 29.2 Å². The fraction of sp³-hybridized carbons (Fsp3) is 0.273. The maximum absolute atomic E-state index is 5.89. The number of nitrogens with one attached hydrogen (secondary N) is 1. The lowest BCUT2D eigenvalue weighted by Gasteiger charge is -2.26. The van der Waals surface area contributed by atoms with E-state index in [1.807, 2.05) is 0 Å².